The Balaban J connectivity index is 2.11. The van der Waals surface area contributed by atoms with Crippen LogP contribution in [-0.4, -0.2) is 50.1 Å². The number of hydrogen-bond donors (Lipinski definition) is 0. The molecule has 2 saturated heterocycles. The van der Waals surface area contributed by atoms with Crippen LogP contribution in [0.4, 0.5) is 0 Å². The molecule has 0 spiro atoms. The first-order chi connectivity index (χ1) is 8.04. The SMILES string of the molecule is COC(=O)C1=C(C(=O)OC)[C@@]2(C)O[C@H]1[C@@H]1O[C@@H]12. The minimum Gasteiger partial charge on any atom is -0.466 e. The third kappa shape index (κ3) is 1.11. The summed E-state index contributed by atoms with van der Waals surface area (Å²) in [5.41, 5.74) is -0.414. The number of rotatable bonds is 2. The summed E-state index contributed by atoms with van der Waals surface area (Å²) in [4.78, 5) is 23.5. The first-order valence-corrected chi connectivity index (χ1v) is 5.29. The Labute approximate surface area is 97.5 Å². The minimum atomic E-state index is -0.883. The fourth-order valence-corrected chi connectivity index (χ4v) is 2.77. The van der Waals surface area contributed by atoms with Gasteiger partial charge in [0.05, 0.1) is 25.4 Å². The molecule has 0 radical (unpaired) electrons. The van der Waals surface area contributed by atoms with Crippen LogP contribution in [0.5, 0.6) is 0 Å². The van der Waals surface area contributed by atoms with Gasteiger partial charge in [-0.05, 0) is 6.92 Å². The van der Waals surface area contributed by atoms with Gasteiger partial charge in [-0.2, -0.15) is 0 Å². The van der Waals surface area contributed by atoms with Crippen molar-refractivity contribution in [3.05, 3.63) is 11.1 Å². The van der Waals surface area contributed by atoms with Crippen molar-refractivity contribution in [1.82, 2.24) is 0 Å². The molecule has 2 bridgehead atoms. The predicted octanol–water partition coefficient (Wildman–Crippen LogP) is -0.433. The van der Waals surface area contributed by atoms with Crippen LogP contribution in [0.1, 0.15) is 6.92 Å². The summed E-state index contributed by atoms with van der Waals surface area (Å²) in [5, 5.41) is 0. The summed E-state index contributed by atoms with van der Waals surface area (Å²) in [6.45, 7) is 1.74. The van der Waals surface area contributed by atoms with Gasteiger partial charge in [0.15, 0.2) is 0 Å². The van der Waals surface area contributed by atoms with Gasteiger partial charge in [-0.3, -0.25) is 0 Å². The van der Waals surface area contributed by atoms with Crippen LogP contribution in [0, 0.1) is 0 Å². The second-order valence-electron chi connectivity index (χ2n) is 4.44. The van der Waals surface area contributed by atoms with Crippen LogP contribution in [-0.2, 0) is 28.5 Å². The van der Waals surface area contributed by atoms with Crippen molar-refractivity contribution in [3.8, 4) is 0 Å². The molecule has 3 rings (SSSR count). The van der Waals surface area contributed by atoms with E-state index < -0.39 is 23.6 Å². The monoisotopic (exact) mass is 240 g/mol. The standard InChI is InChI=1S/C11H12O6/c1-11-5(10(13)15-3)4(9(12)14-2)6(17-11)7-8(11)16-7/h6-8H,1-3H3/t6-,7+,8+,11-/m1/s1. The Morgan fingerprint density at radius 2 is 1.88 bits per heavy atom. The van der Waals surface area contributed by atoms with Crippen molar-refractivity contribution in [1.29, 1.82) is 0 Å². The summed E-state index contributed by atoms with van der Waals surface area (Å²) in [6.07, 6.45) is -0.802. The molecule has 3 aliphatic heterocycles. The van der Waals surface area contributed by atoms with Crippen LogP contribution < -0.4 is 0 Å². The number of carbonyl (C=O) groups excluding carboxylic acids is 2. The summed E-state index contributed by atoms with van der Waals surface area (Å²) in [7, 11) is 2.54. The van der Waals surface area contributed by atoms with Crippen LogP contribution >= 0.6 is 0 Å². The van der Waals surface area contributed by atoms with Crippen molar-refractivity contribution in [2.75, 3.05) is 14.2 Å². The molecule has 0 aromatic carbocycles. The molecule has 92 valence electrons. The Hall–Kier alpha value is -1.40. The van der Waals surface area contributed by atoms with Gasteiger partial charge in [-0.15, -0.1) is 0 Å². The lowest BCUT2D eigenvalue weighted by Gasteiger charge is -2.21. The molecular formula is C11H12O6. The molecule has 0 aromatic heterocycles. The summed E-state index contributed by atoms with van der Waals surface area (Å²) in [6, 6.07) is 0. The normalized spacial score (nSPS) is 41.2. The molecule has 0 unspecified atom stereocenters. The Kier molecular flexibility index (Phi) is 1.95. The van der Waals surface area contributed by atoms with Crippen molar-refractivity contribution in [2.45, 2.75) is 30.8 Å². The third-order valence-corrected chi connectivity index (χ3v) is 3.58. The van der Waals surface area contributed by atoms with Crippen LogP contribution in [0.3, 0.4) is 0 Å². The lowest BCUT2D eigenvalue weighted by Crippen LogP contribution is -2.37. The number of epoxide rings is 1. The second kappa shape index (κ2) is 3.08. The van der Waals surface area contributed by atoms with E-state index >= 15 is 0 Å². The zero-order valence-electron chi connectivity index (χ0n) is 9.68. The molecule has 0 saturated carbocycles. The molecule has 0 aliphatic carbocycles. The Morgan fingerprint density at radius 3 is 2.47 bits per heavy atom. The Morgan fingerprint density at radius 1 is 1.24 bits per heavy atom. The lowest BCUT2D eigenvalue weighted by atomic mass is 9.83. The molecule has 6 heteroatoms. The van der Waals surface area contributed by atoms with Crippen molar-refractivity contribution < 1.29 is 28.5 Å². The first kappa shape index (κ1) is 10.7. The molecule has 0 N–H and O–H groups in total. The zero-order valence-corrected chi connectivity index (χ0v) is 9.68. The van der Waals surface area contributed by atoms with E-state index in [-0.39, 0.29) is 23.4 Å². The molecule has 3 heterocycles. The highest BCUT2D eigenvalue weighted by molar-refractivity contribution is 6.04. The lowest BCUT2D eigenvalue weighted by molar-refractivity contribution is -0.140. The maximum absolute atomic E-state index is 11.8. The van der Waals surface area contributed by atoms with Gasteiger partial charge in [-0.1, -0.05) is 0 Å². The summed E-state index contributed by atoms with van der Waals surface area (Å²) in [5.74, 6) is -1.13. The van der Waals surface area contributed by atoms with Gasteiger partial charge < -0.3 is 18.9 Å². The van der Waals surface area contributed by atoms with Gasteiger partial charge >= 0.3 is 11.9 Å². The van der Waals surface area contributed by atoms with Gasteiger partial charge in [0.1, 0.15) is 23.9 Å². The maximum Gasteiger partial charge on any atom is 0.337 e. The summed E-state index contributed by atoms with van der Waals surface area (Å²) < 4.78 is 20.5. The van der Waals surface area contributed by atoms with Crippen molar-refractivity contribution >= 4 is 11.9 Å². The van der Waals surface area contributed by atoms with Gasteiger partial charge in [0.25, 0.3) is 0 Å². The van der Waals surface area contributed by atoms with Gasteiger partial charge in [0, 0.05) is 0 Å². The van der Waals surface area contributed by atoms with E-state index in [0.29, 0.717) is 0 Å². The molecule has 6 nitrogen and oxygen atoms in total. The fraction of sp³-hybridized carbons (Fsp3) is 0.636. The number of carbonyl (C=O) groups is 2. The maximum atomic E-state index is 11.8. The largest absolute Gasteiger partial charge is 0.466 e. The smallest absolute Gasteiger partial charge is 0.337 e. The molecule has 17 heavy (non-hydrogen) atoms. The zero-order chi connectivity index (χ0) is 12.4. The number of esters is 2. The number of fused-ring (bicyclic) bond motifs is 5. The van der Waals surface area contributed by atoms with E-state index in [4.69, 9.17) is 14.2 Å². The predicted molar refractivity (Wildman–Crippen MR) is 53.0 cm³/mol. The highest BCUT2D eigenvalue weighted by Crippen LogP contribution is 2.57. The highest BCUT2D eigenvalue weighted by Gasteiger charge is 2.73. The Bertz CT molecular complexity index is 453. The summed E-state index contributed by atoms with van der Waals surface area (Å²) >= 11 is 0. The van der Waals surface area contributed by atoms with Crippen molar-refractivity contribution in [2.24, 2.45) is 0 Å². The quantitative estimate of drug-likeness (QED) is 0.481. The molecule has 4 atom stereocenters. The van der Waals surface area contributed by atoms with E-state index in [0.717, 1.165) is 0 Å². The van der Waals surface area contributed by atoms with Crippen LogP contribution in [0.25, 0.3) is 0 Å². The van der Waals surface area contributed by atoms with Gasteiger partial charge in [-0.25, -0.2) is 9.59 Å². The second-order valence-corrected chi connectivity index (χ2v) is 4.44. The van der Waals surface area contributed by atoms with E-state index in [2.05, 4.69) is 4.74 Å². The van der Waals surface area contributed by atoms with E-state index in [1.54, 1.807) is 6.92 Å². The minimum absolute atomic E-state index is 0.137. The average Bonchev–Trinajstić information content (AvgIpc) is 3.02. The van der Waals surface area contributed by atoms with E-state index in [1.807, 2.05) is 0 Å². The molecule has 0 amide bonds. The molecule has 3 aliphatic rings. The van der Waals surface area contributed by atoms with E-state index in [9.17, 15) is 9.59 Å². The third-order valence-electron chi connectivity index (χ3n) is 3.58. The van der Waals surface area contributed by atoms with Crippen LogP contribution in [0.2, 0.25) is 0 Å². The van der Waals surface area contributed by atoms with Gasteiger partial charge in [0.2, 0.25) is 0 Å². The van der Waals surface area contributed by atoms with Crippen molar-refractivity contribution in [3.63, 3.8) is 0 Å². The number of methoxy groups -OCH3 is 2. The van der Waals surface area contributed by atoms with E-state index in [1.165, 1.54) is 14.2 Å². The highest BCUT2D eigenvalue weighted by atomic mass is 16.7. The first-order valence-electron chi connectivity index (χ1n) is 5.29. The molecule has 2 fully saturated rings. The van der Waals surface area contributed by atoms with Crippen LogP contribution in [0.15, 0.2) is 11.1 Å². The fourth-order valence-electron chi connectivity index (χ4n) is 2.77. The average molecular weight is 240 g/mol. The topological polar surface area (TPSA) is 74.4 Å². The number of hydrogen-bond acceptors (Lipinski definition) is 6. The molecule has 0 aromatic rings. The number of ether oxygens (including phenoxy) is 4. The molecular weight excluding hydrogens is 228 g/mol.